The molecule has 1 saturated heterocycles. The minimum absolute atomic E-state index is 0.165. The lowest BCUT2D eigenvalue weighted by atomic mass is 9.99. The molecule has 1 fully saturated rings. The second kappa shape index (κ2) is 4.48. The molecule has 0 saturated carbocycles. The number of H-pyrrole nitrogens is 1. The zero-order chi connectivity index (χ0) is 12.5. The Kier molecular flexibility index (Phi) is 2.82. The van der Waals surface area contributed by atoms with E-state index in [0.717, 1.165) is 36.0 Å². The Hall–Kier alpha value is -1.77. The van der Waals surface area contributed by atoms with Gasteiger partial charge in [-0.15, -0.1) is 0 Å². The predicted octanol–water partition coefficient (Wildman–Crippen LogP) is 3.04. The van der Waals surface area contributed by atoms with E-state index < -0.39 is 0 Å². The summed E-state index contributed by atoms with van der Waals surface area (Å²) in [4.78, 5) is 17.6. The Morgan fingerprint density at radius 2 is 2.28 bits per heavy atom. The van der Waals surface area contributed by atoms with Crippen LogP contribution in [0.3, 0.4) is 0 Å². The van der Waals surface area contributed by atoms with Gasteiger partial charge in [0.05, 0.1) is 0 Å². The van der Waals surface area contributed by atoms with Gasteiger partial charge in [-0.2, -0.15) is 0 Å². The fourth-order valence-electron chi connectivity index (χ4n) is 2.74. The summed E-state index contributed by atoms with van der Waals surface area (Å²) in [6.07, 6.45) is 4.26. The molecule has 1 N–H and O–H groups in total. The zero-order valence-corrected chi connectivity index (χ0v) is 10.6. The quantitative estimate of drug-likeness (QED) is 0.819. The molecule has 2 heterocycles. The number of aromatic amines is 1. The van der Waals surface area contributed by atoms with Crippen LogP contribution in [0.1, 0.15) is 30.1 Å². The number of nitrogens with zero attached hydrogens (tertiary/aromatic N) is 1. The molecule has 94 valence electrons. The molecular weight excluding hydrogens is 224 g/mol. The minimum Gasteiger partial charge on any atom is -0.361 e. The molecule has 1 unspecified atom stereocenters. The second-order valence-electron chi connectivity index (χ2n) is 5.28. The van der Waals surface area contributed by atoms with Gasteiger partial charge in [-0.25, -0.2) is 0 Å². The Bertz CT molecular complexity index is 573. The van der Waals surface area contributed by atoms with Crippen molar-refractivity contribution < 1.29 is 4.79 Å². The Labute approximate surface area is 107 Å². The van der Waals surface area contributed by atoms with Crippen LogP contribution in [0.5, 0.6) is 0 Å². The molecule has 0 bridgehead atoms. The zero-order valence-electron chi connectivity index (χ0n) is 10.6. The molecule has 1 aliphatic heterocycles. The monoisotopic (exact) mass is 242 g/mol. The minimum atomic E-state index is 0.165. The van der Waals surface area contributed by atoms with Gasteiger partial charge in [-0.1, -0.05) is 13.0 Å². The lowest BCUT2D eigenvalue weighted by molar-refractivity contribution is 0.0683. The number of aromatic nitrogens is 1. The molecule has 1 aromatic heterocycles. The first-order valence-corrected chi connectivity index (χ1v) is 6.60. The third-order valence-corrected chi connectivity index (χ3v) is 3.75. The molecule has 1 atom stereocenters. The summed E-state index contributed by atoms with van der Waals surface area (Å²) in [6, 6.07) is 7.91. The summed E-state index contributed by atoms with van der Waals surface area (Å²) < 4.78 is 0. The highest BCUT2D eigenvalue weighted by Gasteiger charge is 2.22. The van der Waals surface area contributed by atoms with Crippen molar-refractivity contribution in [2.45, 2.75) is 19.8 Å². The van der Waals surface area contributed by atoms with Crippen molar-refractivity contribution >= 4 is 16.8 Å². The van der Waals surface area contributed by atoms with E-state index in [1.54, 1.807) is 0 Å². The number of amides is 1. The van der Waals surface area contributed by atoms with Crippen LogP contribution in [0, 0.1) is 5.92 Å². The van der Waals surface area contributed by atoms with Gasteiger partial charge in [0.25, 0.3) is 5.91 Å². The average Bonchev–Trinajstić information content (AvgIpc) is 2.85. The van der Waals surface area contributed by atoms with E-state index in [9.17, 15) is 4.79 Å². The fourth-order valence-corrected chi connectivity index (χ4v) is 2.74. The van der Waals surface area contributed by atoms with Gasteiger partial charge in [-0.05, 0) is 42.3 Å². The third-order valence-electron chi connectivity index (χ3n) is 3.75. The lowest BCUT2D eigenvalue weighted by Gasteiger charge is -2.31. The van der Waals surface area contributed by atoms with Crippen molar-refractivity contribution in [3.63, 3.8) is 0 Å². The van der Waals surface area contributed by atoms with Gasteiger partial charge in [-0.3, -0.25) is 4.79 Å². The molecule has 1 aliphatic rings. The molecule has 0 aliphatic carbocycles. The molecule has 2 aromatic rings. The summed E-state index contributed by atoms with van der Waals surface area (Å²) in [5.41, 5.74) is 1.82. The number of carbonyl (C=O) groups excluding carboxylic acids is 1. The molecular formula is C15H18N2O. The first-order chi connectivity index (χ1) is 8.74. The van der Waals surface area contributed by atoms with Gasteiger partial charge in [0.1, 0.15) is 0 Å². The smallest absolute Gasteiger partial charge is 0.253 e. The van der Waals surface area contributed by atoms with E-state index in [2.05, 4.69) is 11.9 Å². The Morgan fingerprint density at radius 3 is 3.11 bits per heavy atom. The highest BCUT2D eigenvalue weighted by molar-refractivity contribution is 5.97. The van der Waals surface area contributed by atoms with Crippen LogP contribution in [0.4, 0.5) is 0 Å². The Balaban J connectivity index is 1.86. The van der Waals surface area contributed by atoms with Crippen LogP contribution < -0.4 is 0 Å². The maximum Gasteiger partial charge on any atom is 0.253 e. The number of nitrogens with one attached hydrogen (secondary N) is 1. The van der Waals surface area contributed by atoms with Crippen molar-refractivity contribution in [2.75, 3.05) is 13.1 Å². The number of hydrogen-bond acceptors (Lipinski definition) is 1. The standard InChI is InChI=1S/C15H18N2O/c1-11-3-2-8-17(10-11)15(18)13-5-4-12-6-7-16-14(12)9-13/h4-7,9,11,16H,2-3,8,10H2,1H3. The van der Waals surface area contributed by atoms with Gasteiger partial charge < -0.3 is 9.88 Å². The van der Waals surface area contributed by atoms with E-state index in [-0.39, 0.29) is 5.91 Å². The van der Waals surface area contributed by atoms with Crippen LogP contribution in [-0.2, 0) is 0 Å². The summed E-state index contributed by atoms with van der Waals surface area (Å²) in [6.45, 7) is 4.00. The number of benzene rings is 1. The number of piperidine rings is 1. The van der Waals surface area contributed by atoms with Crippen LogP contribution in [0.2, 0.25) is 0 Å². The van der Waals surface area contributed by atoms with E-state index in [1.165, 1.54) is 6.42 Å². The molecule has 0 radical (unpaired) electrons. The third kappa shape index (κ3) is 2.01. The van der Waals surface area contributed by atoms with Gasteiger partial charge in [0, 0.05) is 30.4 Å². The number of carbonyl (C=O) groups is 1. The van der Waals surface area contributed by atoms with E-state index in [1.807, 2.05) is 35.4 Å². The molecule has 3 heteroatoms. The van der Waals surface area contributed by atoms with Crippen LogP contribution in [-0.4, -0.2) is 28.9 Å². The molecule has 1 aromatic carbocycles. The van der Waals surface area contributed by atoms with Crippen molar-refractivity contribution in [2.24, 2.45) is 5.92 Å². The summed E-state index contributed by atoms with van der Waals surface area (Å²) in [5, 5.41) is 1.15. The normalized spacial score (nSPS) is 20.3. The summed E-state index contributed by atoms with van der Waals surface area (Å²) in [5.74, 6) is 0.787. The molecule has 3 rings (SSSR count). The molecule has 18 heavy (non-hydrogen) atoms. The first kappa shape index (κ1) is 11.3. The van der Waals surface area contributed by atoms with E-state index in [4.69, 9.17) is 0 Å². The highest BCUT2D eigenvalue weighted by atomic mass is 16.2. The molecule has 0 spiro atoms. The lowest BCUT2D eigenvalue weighted by Crippen LogP contribution is -2.39. The largest absolute Gasteiger partial charge is 0.361 e. The van der Waals surface area contributed by atoms with Crippen molar-refractivity contribution in [1.29, 1.82) is 0 Å². The van der Waals surface area contributed by atoms with Crippen molar-refractivity contribution in [1.82, 2.24) is 9.88 Å². The maximum absolute atomic E-state index is 12.4. The number of rotatable bonds is 1. The van der Waals surface area contributed by atoms with Crippen molar-refractivity contribution in [3.8, 4) is 0 Å². The predicted molar refractivity (Wildman–Crippen MR) is 72.6 cm³/mol. The van der Waals surface area contributed by atoms with Crippen LogP contribution >= 0.6 is 0 Å². The van der Waals surface area contributed by atoms with E-state index in [0.29, 0.717) is 5.92 Å². The maximum atomic E-state index is 12.4. The van der Waals surface area contributed by atoms with E-state index >= 15 is 0 Å². The fraction of sp³-hybridized carbons (Fsp3) is 0.400. The summed E-state index contributed by atoms with van der Waals surface area (Å²) >= 11 is 0. The number of fused-ring (bicyclic) bond motifs is 1. The average molecular weight is 242 g/mol. The van der Waals surface area contributed by atoms with Gasteiger partial charge >= 0.3 is 0 Å². The van der Waals surface area contributed by atoms with Crippen LogP contribution in [0.15, 0.2) is 30.5 Å². The molecule has 3 nitrogen and oxygen atoms in total. The topological polar surface area (TPSA) is 36.1 Å². The molecule has 1 amide bonds. The highest BCUT2D eigenvalue weighted by Crippen LogP contribution is 2.20. The summed E-state index contributed by atoms with van der Waals surface area (Å²) in [7, 11) is 0. The van der Waals surface area contributed by atoms with Gasteiger partial charge in [0.15, 0.2) is 0 Å². The first-order valence-electron chi connectivity index (χ1n) is 6.60. The second-order valence-corrected chi connectivity index (χ2v) is 5.28. The number of likely N-dealkylation sites (tertiary alicyclic amines) is 1. The number of hydrogen-bond donors (Lipinski definition) is 1. The van der Waals surface area contributed by atoms with Crippen LogP contribution in [0.25, 0.3) is 10.9 Å². The Morgan fingerprint density at radius 1 is 1.39 bits per heavy atom. The SMILES string of the molecule is CC1CCCN(C(=O)c2ccc3cc[nH]c3c2)C1. The van der Waals surface area contributed by atoms with Crippen molar-refractivity contribution in [3.05, 3.63) is 36.0 Å². The van der Waals surface area contributed by atoms with Gasteiger partial charge in [0.2, 0.25) is 0 Å².